The molecular formula is C18H22F3NO4. The number of methoxy groups -OCH3 is 1. The fraction of sp³-hybridized carbons (Fsp3) is 0.556. The van der Waals surface area contributed by atoms with Gasteiger partial charge in [0.25, 0.3) is 0 Å². The highest BCUT2D eigenvalue weighted by Gasteiger charge is 2.63. The Morgan fingerprint density at radius 2 is 1.92 bits per heavy atom. The van der Waals surface area contributed by atoms with Crippen LogP contribution in [0.25, 0.3) is 0 Å². The fourth-order valence-electron chi connectivity index (χ4n) is 3.29. The van der Waals surface area contributed by atoms with E-state index in [1.807, 2.05) is 0 Å². The predicted octanol–water partition coefficient (Wildman–Crippen LogP) is 3.73. The summed E-state index contributed by atoms with van der Waals surface area (Å²) in [6, 6.07) is 3.44. The second kappa shape index (κ2) is 7.97. The summed E-state index contributed by atoms with van der Waals surface area (Å²) in [4.78, 5) is 25.1. The van der Waals surface area contributed by atoms with Gasteiger partial charge in [-0.1, -0.05) is 6.42 Å². The molecule has 2 rings (SSSR count). The van der Waals surface area contributed by atoms with Crippen molar-refractivity contribution in [3.05, 3.63) is 24.3 Å². The molecule has 1 saturated carbocycles. The number of benzene rings is 1. The quantitative estimate of drug-likeness (QED) is 0.608. The van der Waals surface area contributed by atoms with E-state index in [2.05, 4.69) is 5.32 Å². The molecule has 0 aliphatic heterocycles. The lowest BCUT2D eigenvalue weighted by Gasteiger charge is -2.41. The summed E-state index contributed by atoms with van der Waals surface area (Å²) in [6.07, 6.45) is -4.28. The van der Waals surface area contributed by atoms with Gasteiger partial charge in [0.1, 0.15) is 11.8 Å². The van der Waals surface area contributed by atoms with E-state index < -0.39 is 29.4 Å². The van der Waals surface area contributed by atoms with Crippen LogP contribution < -0.4 is 10.1 Å². The number of esters is 1. The molecule has 26 heavy (non-hydrogen) atoms. The van der Waals surface area contributed by atoms with Gasteiger partial charge in [-0.15, -0.1) is 0 Å². The zero-order valence-electron chi connectivity index (χ0n) is 14.7. The molecule has 0 aromatic heterocycles. The number of halogens is 3. The number of hydrogen-bond acceptors (Lipinski definition) is 5. The molecule has 0 saturated heterocycles. The molecule has 1 N–H and O–H groups in total. The summed E-state index contributed by atoms with van der Waals surface area (Å²) in [5.74, 6) is -1.37. The van der Waals surface area contributed by atoms with Gasteiger partial charge >= 0.3 is 12.1 Å². The van der Waals surface area contributed by atoms with Crippen LogP contribution in [0.4, 0.5) is 18.9 Å². The second-order valence-electron chi connectivity index (χ2n) is 6.17. The molecule has 144 valence electrons. The molecule has 0 spiro atoms. The maximum Gasteiger partial charge on any atom is 0.410 e. The van der Waals surface area contributed by atoms with Gasteiger partial charge in [0.2, 0.25) is 0 Å². The Kier molecular flexibility index (Phi) is 6.15. The molecule has 0 heterocycles. The predicted molar refractivity (Wildman–Crippen MR) is 89.0 cm³/mol. The summed E-state index contributed by atoms with van der Waals surface area (Å²) in [7, 11) is 1.44. The largest absolute Gasteiger partial charge is 0.497 e. The van der Waals surface area contributed by atoms with Crippen LogP contribution in [0.1, 0.15) is 32.6 Å². The van der Waals surface area contributed by atoms with Gasteiger partial charge < -0.3 is 14.8 Å². The van der Waals surface area contributed by atoms with E-state index in [1.165, 1.54) is 38.3 Å². The molecule has 5 nitrogen and oxygen atoms in total. The SMILES string of the molecule is CCOC(=O)C1(C(Nc2ccc(OC)cc2)C(F)(F)F)CCCCC1=O. The van der Waals surface area contributed by atoms with Crippen LogP contribution in [0.15, 0.2) is 24.3 Å². The maximum absolute atomic E-state index is 13.9. The molecule has 0 bridgehead atoms. The van der Waals surface area contributed by atoms with Crippen molar-refractivity contribution in [3.8, 4) is 5.75 Å². The van der Waals surface area contributed by atoms with E-state index >= 15 is 0 Å². The van der Waals surface area contributed by atoms with Gasteiger partial charge in [-0.2, -0.15) is 13.2 Å². The van der Waals surface area contributed by atoms with Crippen molar-refractivity contribution in [3.63, 3.8) is 0 Å². The van der Waals surface area contributed by atoms with E-state index in [4.69, 9.17) is 9.47 Å². The third-order valence-electron chi connectivity index (χ3n) is 4.58. The monoisotopic (exact) mass is 373 g/mol. The van der Waals surface area contributed by atoms with Crippen molar-refractivity contribution in [1.82, 2.24) is 0 Å². The molecule has 1 aliphatic carbocycles. The number of alkyl halides is 3. The normalized spacial score (nSPS) is 21.8. The molecular weight excluding hydrogens is 351 g/mol. The Bertz CT molecular complexity index is 645. The average Bonchev–Trinajstić information content (AvgIpc) is 2.60. The minimum atomic E-state index is -4.82. The summed E-state index contributed by atoms with van der Waals surface area (Å²) >= 11 is 0. The van der Waals surface area contributed by atoms with Crippen LogP contribution in [0.2, 0.25) is 0 Å². The van der Waals surface area contributed by atoms with Gasteiger partial charge in [-0.05, 0) is 44.0 Å². The third kappa shape index (κ3) is 3.94. The molecule has 1 aliphatic rings. The first-order valence-corrected chi connectivity index (χ1v) is 8.43. The number of nitrogens with one attached hydrogen (secondary N) is 1. The zero-order chi connectivity index (χ0) is 19.4. The Morgan fingerprint density at radius 1 is 1.27 bits per heavy atom. The van der Waals surface area contributed by atoms with Crippen molar-refractivity contribution >= 4 is 17.4 Å². The Labute approximate surface area is 149 Å². The topological polar surface area (TPSA) is 64.6 Å². The van der Waals surface area contributed by atoms with E-state index in [-0.39, 0.29) is 25.1 Å². The number of ether oxygens (including phenoxy) is 2. The highest BCUT2D eigenvalue weighted by molar-refractivity contribution is 6.05. The van der Waals surface area contributed by atoms with Crippen molar-refractivity contribution < 1.29 is 32.2 Å². The van der Waals surface area contributed by atoms with Gasteiger partial charge in [-0.25, -0.2) is 0 Å². The van der Waals surface area contributed by atoms with Crippen LogP contribution in [0, 0.1) is 5.41 Å². The van der Waals surface area contributed by atoms with Crippen molar-refractivity contribution in [2.24, 2.45) is 5.41 Å². The van der Waals surface area contributed by atoms with Crippen molar-refractivity contribution in [2.75, 3.05) is 19.0 Å². The molecule has 1 aromatic carbocycles. The molecule has 8 heteroatoms. The van der Waals surface area contributed by atoms with Crippen LogP contribution in [-0.4, -0.2) is 37.7 Å². The minimum Gasteiger partial charge on any atom is -0.497 e. The summed E-state index contributed by atoms with van der Waals surface area (Å²) in [5.41, 5.74) is -2.14. The van der Waals surface area contributed by atoms with Crippen LogP contribution >= 0.6 is 0 Å². The molecule has 0 radical (unpaired) electrons. The minimum absolute atomic E-state index is 0.0737. The summed E-state index contributed by atoms with van der Waals surface area (Å²) in [6.45, 7) is 1.40. The van der Waals surface area contributed by atoms with Crippen LogP contribution in [0.5, 0.6) is 5.75 Å². The lowest BCUT2D eigenvalue weighted by atomic mass is 9.67. The first-order valence-electron chi connectivity index (χ1n) is 8.43. The van der Waals surface area contributed by atoms with Crippen molar-refractivity contribution in [1.29, 1.82) is 0 Å². The third-order valence-corrected chi connectivity index (χ3v) is 4.58. The van der Waals surface area contributed by atoms with Gasteiger partial charge in [-0.3, -0.25) is 9.59 Å². The Hall–Kier alpha value is -2.25. The number of Topliss-reactive ketones (excluding diaryl/α,β-unsaturated/α-hetero) is 1. The van der Waals surface area contributed by atoms with Gasteiger partial charge in [0.15, 0.2) is 11.2 Å². The first kappa shape index (κ1) is 20.1. The zero-order valence-corrected chi connectivity index (χ0v) is 14.7. The molecule has 0 amide bonds. The van der Waals surface area contributed by atoms with E-state index in [0.717, 1.165) is 0 Å². The number of carbonyl (C=O) groups excluding carboxylic acids is 2. The first-order chi connectivity index (χ1) is 12.3. The summed E-state index contributed by atoms with van der Waals surface area (Å²) < 4.78 is 51.6. The number of carbonyl (C=O) groups is 2. The Balaban J connectivity index is 2.46. The lowest BCUT2D eigenvalue weighted by molar-refractivity contribution is -0.193. The second-order valence-corrected chi connectivity index (χ2v) is 6.17. The molecule has 1 aromatic rings. The lowest BCUT2D eigenvalue weighted by Crippen LogP contribution is -2.60. The van der Waals surface area contributed by atoms with Crippen LogP contribution in [-0.2, 0) is 14.3 Å². The highest BCUT2D eigenvalue weighted by atomic mass is 19.4. The van der Waals surface area contributed by atoms with Crippen LogP contribution in [0.3, 0.4) is 0 Å². The van der Waals surface area contributed by atoms with E-state index in [1.54, 1.807) is 0 Å². The fourth-order valence-corrected chi connectivity index (χ4v) is 3.29. The highest BCUT2D eigenvalue weighted by Crippen LogP contribution is 2.45. The maximum atomic E-state index is 13.9. The number of ketones is 1. The molecule has 1 fully saturated rings. The van der Waals surface area contributed by atoms with E-state index in [9.17, 15) is 22.8 Å². The number of anilines is 1. The Morgan fingerprint density at radius 3 is 2.42 bits per heavy atom. The number of rotatable bonds is 6. The van der Waals surface area contributed by atoms with Gasteiger partial charge in [0, 0.05) is 12.1 Å². The van der Waals surface area contributed by atoms with Crippen molar-refractivity contribution in [2.45, 2.75) is 44.8 Å². The molecule has 2 unspecified atom stereocenters. The number of hydrogen-bond donors (Lipinski definition) is 1. The van der Waals surface area contributed by atoms with E-state index in [0.29, 0.717) is 18.6 Å². The standard InChI is InChI=1S/C18H22F3NO4/c1-3-26-16(24)17(11-5-4-6-14(17)23)15(18(19,20)21)22-12-7-9-13(25-2)10-8-12/h7-10,15,22H,3-6,11H2,1-2H3. The summed E-state index contributed by atoms with van der Waals surface area (Å²) in [5, 5.41) is 2.35. The molecule has 2 atom stereocenters. The smallest absolute Gasteiger partial charge is 0.410 e. The van der Waals surface area contributed by atoms with Gasteiger partial charge in [0.05, 0.1) is 13.7 Å². The average molecular weight is 373 g/mol.